The lowest BCUT2D eigenvalue weighted by atomic mass is 10.2. The summed E-state index contributed by atoms with van der Waals surface area (Å²) in [5, 5.41) is 1.05. The van der Waals surface area contributed by atoms with Gasteiger partial charge in [0.2, 0.25) is 5.91 Å². The number of oxazole rings is 1. The summed E-state index contributed by atoms with van der Waals surface area (Å²) >= 11 is 12.1. The largest absolute Gasteiger partial charge is 0.441 e. The number of benzene rings is 1. The molecule has 0 unspecified atom stereocenters. The SMILES string of the molecule is CN(Cc1cccnc1)C(=O)CCc1ncc(-c2ccc(Cl)cc2Cl)o1. The summed E-state index contributed by atoms with van der Waals surface area (Å²) < 4.78 is 5.72. The third-order valence-electron chi connectivity index (χ3n) is 3.87. The summed E-state index contributed by atoms with van der Waals surface area (Å²) in [6.45, 7) is 0.518. The second-order valence-electron chi connectivity index (χ2n) is 5.85. The van der Waals surface area contributed by atoms with Crippen molar-refractivity contribution in [1.82, 2.24) is 14.9 Å². The molecule has 0 saturated heterocycles. The van der Waals surface area contributed by atoms with Crippen molar-refractivity contribution in [1.29, 1.82) is 0 Å². The van der Waals surface area contributed by atoms with E-state index in [4.69, 9.17) is 27.6 Å². The van der Waals surface area contributed by atoms with E-state index in [1.807, 2.05) is 12.1 Å². The van der Waals surface area contributed by atoms with Gasteiger partial charge in [0.25, 0.3) is 0 Å². The fraction of sp³-hybridized carbons (Fsp3) is 0.211. The minimum atomic E-state index is 0.0122. The van der Waals surface area contributed by atoms with Gasteiger partial charge >= 0.3 is 0 Å². The Kier molecular flexibility index (Phi) is 5.91. The molecule has 0 spiro atoms. The van der Waals surface area contributed by atoms with Crippen molar-refractivity contribution in [2.45, 2.75) is 19.4 Å². The number of rotatable bonds is 6. The second kappa shape index (κ2) is 8.34. The number of amides is 1. The number of hydrogen-bond donors (Lipinski definition) is 0. The van der Waals surface area contributed by atoms with E-state index in [-0.39, 0.29) is 5.91 Å². The molecule has 134 valence electrons. The molecule has 26 heavy (non-hydrogen) atoms. The highest BCUT2D eigenvalue weighted by molar-refractivity contribution is 6.36. The number of pyridine rings is 1. The Labute approximate surface area is 161 Å². The summed E-state index contributed by atoms with van der Waals surface area (Å²) in [6, 6.07) is 8.96. The summed E-state index contributed by atoms with van der Waals surface area (Å²) in [4.78, 5) is 22.2. The van der Waals surface area contributed by atoms with E-state index in [0.717, 1.165) is 11.1 Å². The van der Waals surface area contributed by atoms with Crippen molar-refractivity contribution in [3.05, 3.63) is 70.4 Å². The zero-order chi connectivity index (χ0) is 18.5. The quantitative estimate of drug-likeness (QED) is 0.616. The molecule has 0 aliphatic carbocycles. The molecule has 0 bridgehead atoms. The van der Waals surface area contributed by atoms with Gasteiger partial charge in [0.15, 0.2) is 11.7 Å². The molecule has 3 rings (SSSR count). The van der Waals surface area contributed by atoms with Crippen LogP contribution in [0.5, 0.6) is 0 Å². The van der Waals surface area contributed by atoms with Gasteiger partial charge in [-0.3, -0.25) is 9.78 Å². The highest BCUT2D eigenvalue weighted by Crippen LogP contribution is 2.30. The second-order valence-corrected chi connectivity index (χ2v) is 6.70. The molecule has 0 radical (unpaired) electrons. The average molecular weight is 390 g/mol. The minimum absolute atomic E-state index is 0.0122. The van der Waals surface area contributed by atoms with Crippen LogP contribution in [0.25, 0.3) is 11.3 Å². The molecule has 5 nitrogen and oxygen atoms in total. The Morgan fingerprint density at radius 2 is 2.08 bits per heavy atom. The van der Waals surface area contributed by atoms with E-state index in [9.17, 15) is 4.79 Å². The van der Waals surface area contributed by atoms with Crippen molar-refractivity contribution in [2.24, 2.45) is 0 Å². The lowest BCUT2D eigenvalue weighted by Crippen LogP contribution is -2.26. The molecule has 3 aromatic rings. The van der Waals surface area contributed by atoms with Gasteiger partial charge in [-0.1, -0.05) is 29.3 Å². The predicted molar refractivity (Wildman–Crippen MR) is 101 cm³/mol. The number of hydrogen-bond acceptors (Lipinski definition) is 4. The summed E-state index contributed by atoms with van der Waals surface area (Å²) in [6.07, 6.45) is 5.79. The van der Waals surface area contributed by atoms with Gasteiger partial charge in [-0.05, 0) is 29.8 Å². The van der Waals surface area contributed by atoms with E-state index in [2.05, 4.69) is 9.97 Å². The van der Waals surface area contributed by atoms with Gasteiger partial charge in [0, 0.05) is 49.4 Å². The summed E-state index contributed by atoms with van der Waals surface area (Å²) in [7, 11) is 1.77. The highest BCUT2D eigenvalue weighted by Gasteiger charge is 2.14. The van der Waals surface area contributed by atoms with Gasteiger partial charge in [-0.2, -0.15) is 0 Å². The van der Waals surface area contributed by atoms with Gasteiger partial charge in [-0.25, -0.2) is 4.98 Å². The number of aryl methyl sites for hydroxylation is 1. The van der Waals surface area contributed by atoms with Crippen LogP contribution in [0.15, 0.2) is 53.3 Å². The molecule has 1 amide bonds. The Hall–Kier alpha value is -2.37. The molecule has 0 N–H and O–H groups in total. The maximum Gasteiger partial charge on any atom is 0.223 e. The first kappa shape index (κ1) is 18.4. The van der Waals surface area contributed by atoms with Crippen molar-refractivity contribution >= 4 is 29.1 Å². The van der Waals surface area contributed by atoms with Gasteiger partial charge in [0.05, 0.1) is 11.2 Å². The molecule has 2 aromatic heterocycles. The molecule has 0 atom stereocenters. The minimum Gasteiger partial charge on any atom is -0.441 e. The number of carbonyl (C=O) groups excluding carboxylic acids is 1. The Bertz CT molecular complexity index is 897. The molecule has 0 fully saturated rings. The van der Waals surface area contributed by atoms with E-state index in [0.29, 0.717) is 41.1 Å². The normalized spacial score (nSPS) is 10.7. The third-order valence-corrected chi connectivity index (χ3v) is 4.42. The lowest BCUT2D eigenvalue weighted by molar-refractivity contribution is -0.130. The topological polar surface area (TPSA) is 59.2 Å². The van der Waals surface area contributed by atoms with Crippen LogP contribution in [0.4, 0.5) is 0 Å². The van der Waals surface area contributed by atoms with Gasteiger partial charge in [-0.15, -0.1) is 0 Å². The van der Waals surface area contributed by atoms with E-state index in [1.165, 1.54) is 0 Å². The monoisotopic (exact) mass is 389 g/mol. The molecular formula is C19H17Cl2N3O2. The highest BCUT2D eigenvalue weighted by atomic mass is 35.5. The Balaban J connectivity index is 1.58. The average Bonchev–Trinajstić information content (AvgIpc) is 3.09. The van der Waals surface area contributed by atoms with Gasteiger partial charge < -0.3 is 9.32 Å². The molecule has 2 heterocycles. The number of carbonyl (C=O) groups is 1. The molecule has 0 aliphatic heterocycles. The van der Waals surface area contributed by atoms with Crippen LogP contribution in [0.1, 0.15) is 17.9 Å². The Morgan fingerprint density at radius 1 is 1.23 bits per heavy atom. The van der Waals surface area contributed by atoms with Crippen molar-refractivity contribution < 1.29 is 9.21 Å². The van der Waals surface area contributed by atoms with E-state index in [1.54, 1.807) is 48.7 Å². The van der Waals surface area contributed by atoms with Crippen LogP contribution in [-0.2, 0) is 17.8 Å². The predicted octanol–water partition coefficient (Wildman–Crippen LogP) is 4.63. The fourth-order valence-corrected chi connectivity index (χ4v) is 3.00. The van der Waals surface area contributed by atoms with Crippen LogP contribution in [0.2, 0.25) is 10.0 Å². The molecule has 1 aromatic carbocycles. The first-order valence-electron chi connectivity index (χ1n) is 8.06. The fourth-order valence-electron chi connectivity index (χ4n) is 2.50. The number of halogens is 2. The van der Waals surface area contributed by atoms with Crippen LogP contribution in [0.3, 0.4) is 0 Å². The number of aromatic nitrogens is 2. The van der Waals surface area contributed by atoms with E-state index >= 15 is 0 Å². The van der Waals surface area contributed by atoms with Crippen molar-refractivity contribution in [2.75, 3.05) is 7.05 Å². The zero-order valence-electron chi connectivity index (χ0n) is 14.2. The Morgan fingerprint density at radius 3 is 2.81 bits per heavy atom. The maximum absolute atomic E-state index is 12.3. The summed E-state index contributed by atoms with van der Waals surface area (Å²) in [5.41, 5.74) is 1.70. The smallest absolute Gasteiger partial charge is 0.223 e. The van der Waals surface area contributed by atoms with Crippen LogP contribution in [0, 0.1) is 0 Å². The standard InChI is InChI=1S/C19H17Cl2N3O2/c1-24(12-13-3-2-8-22-10-13)19(25)7-6-18-23-11-17(26-18)15-5-4-14(20)9-16(15)21/h2-5,8-11H,6-7,12H2,1H3. The van der Waals surface area contributed by atoms with Gasteiger partial charge in [0.1, 0.15) is 0 Å². The van der Waals surface area contributed by atoms with Crippen LogP contribution < -0.4 is 0 Å². The number of nitrogens with zero attached hydrogens (tertiary/aromatic N) is 3. The molecular weight excluding hydrogens is 373 g/mol. The van der Waals surface area contributed by atoms with Crippen LogP contribution in [-0.4, -0.2) is 27.8 Å². The lowest BCUT2D eigenvalue weighted by Gasteiger charge is -2.16. The maximum atomic E-state index is 12.3. The first-order valence-corrected chi connectivity index (χ1v) is 8.81. The summed E-state index contributed by atoms with van der Waals surface area (Å²) in [5.74, 6) is 1.06. The van der Waals surface area contributed by atoms with E-state index < -0.39 is 0 Å². The zero-order valence-corrected chi connectivity index (χ0v) is 15.7. The van der Waals surface area contributed by atoms with Crippen molar-refractivity contribution in [3.63, 3.8) is 0 Å². The molecule has 0 saturated carbocycles. The third kappa shape index (κ3) is 4.62. The first-order chi connectivity index (χ1) is 12.5. The van der Waals surface area contributed by atoms with Crippen molar-refractivity contribution in [3.8, 4) is 11.3 Å². The molecule has 7 heteroatoms. The van der Waals surface area contributed by atoms with Crippen LogP contribution >= 0.6 is 23.2 Å². The molecule has 0 aliphatic rings.